The van der Waals surface area contributed by atoms with E-state index in [4.69, 9.17) is 9.15 Å². The SMILES string of the molecule is CC(CN1CCOCC1)NC(=O)c1cc2cc(Br)ccc2o1. The van der Waals surface area contributed by atoms with E-state index < -0.39 is 0 Å². The zero-order valence-electron chi connectivity index (χ0n) is 12.5. The average Bonchev–Trinajstić information content (AvgIpc) is 2.91. The van der Waals surface area contributed by atoms with Crippen molar-refractivity contribution in [3.05, 3.63) is 34.5 Å². The molecule has 1 amide bonds. The monoisotopic (exact) mass is 366 g/mol. The molecule has 22 heavy (non-hydrogen) atoms. The van der Waals surface area contributed by atoms with Crippen molar-refractivity contribution in [1.82, 2.24) is 10.2 Å². The molecule has 1 aliphatic rings. The number of fused-ring (bicyclic) bond motifs is 1. The summed E-state index contributed by atoms with van der Waals surface area (Å²) in [5, 5.41) is 3.91. The van der Waals surface area contributed by atoms with Crippen LogP contribution in [-0.2, 0) is 4.74 Å². The van der Waals surface area contributed by atoms with Crippen LogP contribution in [0.25, 0.3) is 11.0 Å². The van der Waals surface area contributed by atoms with Gasteiger partial charge in [0, 0.05) is 35.5 Å². The lowest BCUT2D eigenvalue weighted by Crippen LogP contribution is -2.45. The Hall–Kier alpha value is -1.37. The summed E-state index contributed by atoms with van der Waals surface area (Å²) in [4.78, 5) is 14.6. The van der Waals surface area contributed by atoms with Gasteiger partial charge in [0.05, 0.1) is 13.2 Å². The number of hydrogen-bond acceptors (Lipinski definition) is 4. The Kier molecular flexibility index (Phi) is 4.81. The van der Waals surface area contributed by atoms with E-state index in [1.165, 1.54) is 0 Å². The third-order valence-electron chi connectivity index (χ3n) is 3.72. The number of amides is 1. The lowest BCUT2D eigenvalue weighted by molar-refractivity contribution is 0.0341. The summed E-state index contributed by atoms with van der Waals surface area (Å²) in [6, 6.07) is 7.52. The molecule has 1 aromatic heterocycles. The largest absolute Gasteiger partial charge is 0.451 e. The number of rotatable bonds is 4. The number of hydrogen-bond donors (Lipinski definition) is 1. The molecule has 0 radical (unpaired) electrons. The average molecular weight is 367 g/mol. The van der Waals surface area contributed by atoms with E-state index in [0.29, 0.717) is 11.3 Å². The lowest BCUT2D eigenvalue weighted by Gasteiger charge is -2.29. The standard InChI is InChI=1S/C16H19BrN2O3/c1-11(10-19-4-6-21-7-5-19)18-16(20)15-9-12-8-13(17)2-3-14(12)22-15/h2-3,8-9,11H,4-7,10H2,1H3,(H,18,20). The first-order valence-corrected chi connectivity index (χ1v) is 8.21. The molecular formula is C16H19BrN2O3. The number of furan rings is 1. The van der Waals surface area contributed by atoms with Gasteiger partial charge >= 0.3 is 0 Å². The van der Waals surface area contributed by atoms with Crippen LogP contribution in [0.2, 0.25) is 0 Å². The number of nitrogens with one attached hydrogen (secondary N) is 1. The van der Waals surface area contributed by atoms with Crippen LogP contribution in [-0.4, -0.2) is 49.7 Å². The van der Waals surface area contributed by atoms with Crippen LogP contribution in [0.1, 0.15) is 17.5 Å². The molecule has 1 unspecified atom stereocenters. The van der Waals surface area contributed by atoms with Crippen molar-refractivity contribution in [2.45, 2.75) is 13.0 Å². The molecule has 2 aromatic rings. The minimum absolute atomic E-state index is 0.0607. The molecule has 0 bridgehead atoms. The Balaban J connectivity index is 1.62. The molecule has 0 aliphatic carbocycles. The summed E-state index contributed by atoms with van der Waals surface area (Å²) in [6.45, 7) is 6.18. The van der Waals surface area contributed by atoms with Gasteiger partial charge in [-0.05, 0) is 31.2 Å². The summed E-state index contributed by atoms with van der Waals surface area (Å²) < 4.78 is 11.9. The number of carbonyl (C=O) groups excluding carboxylic acids is 1. The zero-order chi connectivity index (χ0) is 15.5. The van der Waals surface area contributed by atoms with E-state index in [1.54, 1.807) is 6.07 Å². The predicted molar refractivity (Wildman–Crippen MR) is 88.1 cm³/mol. The van der Waals surface area contributed by atoms with Crippen LogP contribution < -0.4 is 5.32 Å². The normalized spacial score (nSPS) is 17.5. The van der Waals surface area contributed by atoms with E-state index in [2.05, 4.69) is 26.1 Å². The van der Waals surface area contributed by atoms with Gasteiger partial charge in [-0.2, -0.15) is 0 Å². The molecule has 118 valence electrons. The minimum atomic E-state index is -0.173. The van der Waals surface area contributed by atoms with Gasteiger partial charge in [-0.15, -0.1) is 0 Å². The van der Waals surface area contributed by atoms with E-state index in [1.807, 2.05) is 25.1 Å². The van der Waals surface area contributed by atoms with Crippen LogP contribution in [0.4, 0.5) is 0 Å². The molecular weight excluding hydrogens is 348 g/mol. The third-order valence-corrected chi connectivity index (χ3v) is 4.21. The van der Waals surface area contributed by atoms with Gasteiger partial charge in [0.2, 0.25) is 0 Å². The number of benzene rings is 1. The number of nitrogens with zero attached hydrogens (tertiary/aromatic N) is 1. The second kappa shape index (κ2) is 6.81. The van der Waals surface area contributed by atoms with Crippen LogP contribution >= 0.6 is 15.9 Å². The van der Waals surface area contributed by atoms with Gasteiger partial charge in [-0.1, -0.05) is 15.9 Å². The molecule has 1 N–H and O–H groups in total. The first-order chi connectivity index (χ1) is 10.6. The quantitative estimate of drug-likeness (QED) is 0.903. The highest BCUT2D eigenvalue weighted by molar-refractivity contribution is 9.10. The number of halogens is 1. The summed E-state index contributed by atoms with van der Waals surface area (Å²) in [7, 11) is 0. The number of ether oxygens (including phenoxy) is 1. The molecule has 0 saturated carbocycles. The molecule has 3 rings (SSSR count). The maximum atomic E-state index is 12.3. The van der Waals surface area contributed by atoms with Gasteiger partial charge in [0.15, 0.2) is 5.76 Å². The molecule has 1 saturated heterocycles. The fraction of sp³-hybridized carbons (Fsp3) is 0.438. The lowest BCUT2D eigenvalue weighted by atomic mass is 10.2. The molecule has 1 atom stereocenters. The Morgan fingerprint density at radius 1 is 1.36 bits per heavy atom. The van der Waals surface area contributed by atoms with Crippen molar-refractivity contribution in [1.29, 1.82) is 0 Å². The highest BCUT2D eigenvalue weighted by Gasteiger charge is 2.18. The Morgan fingerprint density at radius 2 is 2.14 bits per heavy atom. The maximum absolute atomic E-state index is 12.3. The zero-order valence-corrected chi connectivity index (χ0v) is 14.1. The maximum Gasteiger partial charge on any atom is 0.287 e. The number of carbonyl (C=O) groups is 1. The van der Waals surface area contributed by atoms with Gasteiger partial charge in [0.1, 0.15) is 5.58 Å². The first-order valence-electron chi connectivity index (χ1n) is 7.42. The van der Waals surface area contributed by atoms with Crippen molar-refractivity contribution >= 4 is 32.8 Å². The smallest absolute Gasteiger partial charge is 0.287 e. The van der Waals surface area contributed by atoms with E-state index >= 15 is 0 Å². The summed E-state index contributed by atoms with van der Waals surface area (Å²) in [5.41, 5.74) is 0.717. The van der Waals surface area contributed by atoms with Crippen LogP contribution in [0.3, 0.4) is 0 Å². The first kappa shape index (κ1) is 15.5. The molecule has 1 fully saturated rings. The highest BCUT2D eigenvalue weighted by atomic mass is 79.9. The highest BCUT2D eigenvalue weighted by Crippen LogP contribution is 2.23. The van der Waals surface area contributed by atoms with Crippen LogP contribution in [0.5, 0.6) is 0 Å². The van der Waals surface area contributed by atoms with E-state index in [9.17, 15) is 4.79 Å². The minimum Gasteiger partial charge on any atom is -0.451 e. The molecule has 5 nitrogen and oxygen atoms in total. The van der Waals surface area contributed by atoms with Crippen molar-refractivity contribution < 1.29 is 13.9 Å². The Morgan fingerprint density at radius 3 is 2.91 bits per heavy atom. The Labute approximate surface area is 137 Å². The van der Waals surface area contributed by atoms with E-state index in [-0.39, 0.29) is 11.9 Å². The molecule has 2 heterocycles. The van der Waals surface area contributed by atoms with Gasteiger partial charge < -0.3 is 14.5 Å². The van der Waals surface area contributed by atoms with Gasteiger partial charge in [0.25, 0.3) is 5.91 Å². The predicted octanol–water partition coefficient (Wildman–Crippen LogP) is 2.65. The second-order valence-electron chi connectivity index (χ2n) is 5.58. The molecule has 1 aliphatic heterocycles. The molecule has 0 spiro atoms. The molecule has 6 heteroatoms. The summed E-state index contributed by atoms with van der Waals surface area (Å²) in [5.74, 6) is 0.176. The van der Waals surface area contributed by atoms with Crippen molar-refractivity contribution in [2.75, 3.05) is 32.8 Å². The van der Waals surface area contributed by atoms with Crippen molar-refractivity contribution in [3.8, 4) is 0 Å². The molecule has 1 aromatic carbocycles. The third kappa shape index (κ3) is 3.69. The topological polar surface area (TPSA) is 54.7 Å². The summed E-state index contributed by atoms with van der Waals surface area (Å²) in [6.07, 6.45) is 0. The fourth-order valence-electron chi connectivity index (χ4n) is 2.64. The summed E-state index contributed by atoms with van der Waals surface area (Å²) >= 11 is 3.42. The Bertz CT molecular complexity index is 664. The van der Waals surface area contributed by atoms with Gasteiger partial charge in [-0.25, -0.2) is 0 Å². The fourth-order valence-corrected chi connectivity index (χ4v) is 3.02. The van der Waals surface area contributed by atoms with Gasteiger partial charge in [-0.3, -0.25) is 9.69 Å². The van der Waals surface area contributed by atoms with Crippen LogP contribution in [0, 0.1) is 0 Å². The van der Waals surface area contributed by atoms with E-state index in [0.717, 1.165) is 42.7 Å². The number of morpholine rings is 1. The van der Waals surface area contributed by atoms with Crippen LogP contribution in [0.15, 0.2) is 33.2 Å². The van der Waals surface area contributed by atoms with Crippen molar-refractivity contribution in [3.63, 3.8) is 0 Å². The van der Waals surface area contributed by atoms with Crippen molar-refractivity contribution in [2.24, 2.45) is 0 Å². The second-order valence-corrected chi connectivity index (χ2v) is 6.50.